The zero-order chi connectivity index (χ0) is 34.0. The molecule has 0 aliphatic heterocycles. The summed E-state index contributed by atoms with van der Waals surface area (Å²) >= 11 is 0. The summed E-state index contributed by atoms with van der Waals surface area (Å²) in [5.41, 5.74) is 17.8. The molecule has 50 heavy (non-hydrogen) atoms. The van der Waals surface area contributed by atoms with Gasteiger partial charge in [0.1, 0.15) is 0 Å². The predicted molar refractivity (Wildman–Crippen MR) is 209 cm³/mol. The van der Waals surface area contributed by atoms with E-state index in [1.165, 1.54) is 77.9 Å². The molecular formula is C50H42. The number of hydrogen-bond acceptors (Lipinski definition) is 0. The number of benzene rings is 7. The van der Waals surface area contributed by atoms with E-state index in [0.29, 0.717) is 11.8 Å². The van der Waals surface area contributed by atoms with E-state index in [0.717, 1.165) is 0 Å². The van der Waals surface area contributed by atoms with Gasteiger partial charge >= 0.3 is 0 Å². The molecule has 0 fully saturated rings. The average molecular weight is 643 g/mol. The Bertz CT molecular complexity index is 2100. The van der Waals surface area contributed by atoms with E-state index in [1.54, 1.807) is 0 Å². The average Bonchev–Trinajstić information content (AvgIpc) is 3.62. The van der Waals surface area contributed by atoms with Crippen molar-refractivity contribution in [2.45, 2.75) is 50.4 Å². The molecule has 0 atom stereocenters. The van der Waals surface area contributed by atoms with Crippen LogP contribution in [0.25, 0.3) is 22.3 Å². The third-order valence-electron chi connectivity index (χ3n) is 11.6. The molecule has 0 N–H and O–H groups in total. The van der Waals surface area contributed by atoms with Gasteiger partial charge in [-0.1, -0.05) is 185 Å². The first kappa shape index (κ1) is 30.6. The summed E-state index contributed by atoms with van der Waals surface area (Å²) in [4.78, 5) is 0. The van der Waals surface area contributed by atoms with E-state index < -0.39 is 10.8 Å². The van der Waals surface area contributed by atoms with Crippen LogP contribution in [0.2, 0.25) is 0 Å². The van der Waals surface area contributed by atoms with Crippen LogP contribution in [0.3, 0.4) is 0 Å². The Morgan fingerprint density at radius 1 is 0.300 bits per heavy atom. The lowest BCUT2D eigenvalue weighted by atomic mass is 9.65. The van der Waals surface area contributed by atoms with Crippen LogP contribution in [0.5, 0.6) is 0 Å². The summed E-state index contributed by atoms with van der Waals surface area (Å²) in [7, 11) is 0. The van der Waals surface area contributed by atoms with Gasteiger partial charge in [0, 0.05) is 0 Å². The summed E-state index contributed by atoms with van der Waals surface area (Å²) in [6.07, 6.45) is 0. The fourth-order valence-corrected chi connectivity index (χ4v) is 9.22. The molecule has 0 saturated heterocycles. The molecule has 0 aromatic heterocycles. The van der Waals surface area contributed by atoms with Gasteiger partial charge in [-0.3, -0.25) is 0 Å². The molecule has 2 aliphatic carbocycles. The van der Waals surface area contributed by atoms with Gasteiger partial charge in [0.05, 0.1) is 10.8 Å². The SMILES string of the molecule is CC(C)c1ccc2c(c1)C(c1ccccc1)(c1ccccc1)c1cc3c(cc1-2)C(c1ccccc1)(c1ccccc1)c1cc(C(C)C)ccc1-3. The van der Waals surface area contributed by atoms with Gasteiger partial charge < -0.3 is 0 Å². The maximum absolute atomic E-state index is 2.58. The molecule has 0 radical (unpaired) electrons. The third-order valence-corrected chi connectivity index (χ3v) is 11.6. The van der Waals surface area contributed by atoms with Gasteiger partial charge in [0.2, 0.25) is 0 Å². The summed E-state index contributed by atoms with van der Waals surface area (Å²) in [5, 5.41) is 0. The van der Waals surface area contributed by atoms with Crippen LogP contribution in [0.1, 0.15) is 95.2 Å². The van der Waals surface area contributed by atoms with Crippen molar-refractivity contribution < 1.29 is 0 Å². The highest BCUT2D eigenvalue weighted by Gasteiger charge is 2.51. The molecule has 0 spiro atoms. The standard InChI is InChI=1S/C50H42/c1-33(2)35-25-27-41-43-31-48-44(32-47(43)49(45(41)29-35,37-17-9-5-10-18-37)38-19-11-6-12-20-38)42-28-26-36(34(3)4)30-46(42)50(48,39-21-13-7-14-22-39)40-23-15-8-16-24-40/h5-34H,1-4H3. The molecule has 7 aromatic rings. The lowest BCUT2D eigenvalue weighted by Crippen LogP contribution is -2.30. The second-order valence-electron chi connectivity index (χ2n) is 14.8. The first-order valence-corrected chi connectivity index (χ1v) is 18.2. The molecular weight excluding hydrogens is 601 g/mol. The van der Waals surface area contributed by atoms with Crippen molar-refractivity contribution in [3.63, 3.8) is 0 Å². The van der Waals surface area contributed by atoms with Crippen molar-refractivity contribution in [2.24, 2.45) is 0 Å². The van der Waals surface area contributed by atoms with Crippen molar-refractivity contribution in [2.75, 3.05) is 0 Å². The molecule has 0 saturated carbocycles. The van der Waals surface area contributed by atoms with Crippen LogP contribution >= 0.6 is 0 Å². The highest BCUT2D eigenvalue weighted by atomic mass is 14.5. The van der Waals surface area contributed by atoms with E-state index in [1.807, 2.05) is 0 Å². The Morgan fingerprint density at radius 2 is 0.580 bits per heavy atom. The third kappa shape index (κ3) is 4.18. The summed E-state index contributed by atoms with van der Waals surface area (Å²) < 4.78 is 0. The van der Waals surface area contributed by atoms with Crippen molar-refractivity contribution in [1.29, 1.82) is 0 Å². The van der Waals surface area contributed by atoms with E-state index in [9.17, 15) is 0 Å². The summed E-state index contributed by atoms with van der Waals surface area (Å²) in [6, 6.07) is 64.6. The molecule has 0 amide bonds. The summed E-state index contributed by atoms with van der Waals surface area (Å²) in [5.74, 6) is 0.841. The van der Waals surface area contributed by atoms with Gasteiger partial charge in [-0.2, -0.15) is 0 Å². The minimum atomic E-state index is -0.462. The van der Waals surface area contributed by atoms with Gasteiger partial charge in [-0.25, -0.2) is 0 Å². The molecule has 9 rings (SSSR count). The largest absolute Gasteiger partial charge is 0.0713 e. The van der Waals surface area contributed by atoms with Crippen molar-refractivity contribution in [1.82, 2.24) is 0 Å². The van der Waals surface area contributed by atoms with Crippen molar-refractivity contribution in [3.05, 3.63) is 225 Å². The maximum atomic E-state index is 2.58. The number of rotatable bonds is 6. The van der Waals surface area contributed by atoms with E-state index >= 15 is 0 Å². The van der Waals surface area contributed by atoms with Crippen LogP contribution in [-0.2, 0) is 10.8 Å². The predicted octanol–water partition coefficient (Wildman–Crippen LogP) is 12.7. The Kier molecular flexibility index (Phi) is 7.08. The lowest BCUT2D eigenvalue weighted by molar-refractivity contribution is 0.753. The van der Waals surface area contributed by atoms with Gasteiger partial charge in [-0.15, -0.1) is 0 Å². The molecule has 0 bridgehead atoms. The summed E-state index contributed by atoms with van der Waals surface area (Å²) in [6.45, 7) is 9.23. The molecule has 0 unspecified atom stereocenters. The Balaban J connectivity index is 1.47. The first-order valence-electron chi connectivity index (χ1n) is 18.2. The van der Waals surface area contributed by atoms with E-state index in [2.05, 4.69) is 198 Å². The first-order chi connectivity index (χ1) is 24.5. The van der Waals surface area contributed by atoms with Crippen molar-refractivity contribution in [3.8, 4) is 22.3 Å². The number of fused-ring (bicyclic) bond motifs is 6. The van der Waals surface area contributed by atoms with Gasteiger partial charge in [0.15, 0.2) is 0 Å². The Morgan fingerprint density at radius 3 is 0.860 bits per heavy atom. The van der Waals surface area contributed by atoms with Crippen LogP contribution in [0.15, 0.2) is 170 Å². The van der Waals surface area contributed by atoms with Crippen LogP contribution < -0.4 is 0 Å². The Hall–Kier alpha value is -5.46. The quantitative estimate of drug-likeness (QED) is 0.169. The van der Waals surface area contributed by atoms with Crippen LogP contribution in [0.4, 0.5) is 0 Å². The molecule has 0 nitrogen and oxygen atoms in total. The lowest BCUT2D eigenvalue weighted by Gasteiger charge is -2.36. The molecule has 0 heteroatoms. The van der Waals surface area contributed by atoms with E-state index in [-0.39, 0.29) is 0 Å². The highest BCUT2D eigenvalue weighted by Crippen LogP contribution is 2.62. The van der Waals surface area contributed by atoms with E-state index in [4.69, 9.17) is 0 Å². The fraction of sp³-hybridized carbons (Fsp3) is 0.160. The molecule has 0 heterocycles. The molecule has 242 valence electrons. The van der Waals surface area contributed by atoms with Gasteiger partial charge in [0.25, 0.3) is 0 Å². The zero-order valence-electron chi connectivity index (χ0n) is 29.3. The normalized spacial score (nSPS) is 14.7. The molecule has 7 aromatic carbocycles. The second kappa shape index (κ2) is 11.6. The topological polar surface area (TPSA) is 0 Å². The molecule has 2 aliphatic rings. The van der Waals surface area contributed by atoms with Gasteiger partial charge in [-0.05, 0) is 102 Å². The minimum absolute atomic E-state index is 0.420. The second-order valence-corrected chi connectivity index (χ2v) is 14.8. The van der Waals surface area contributed by atoms with Crippen molar-refractivity contribution >= 4 is 0 Å². The fourth-order valence-electron chi connectivity index (χ4n) is 9.22. The smallest absolute Gasteiger partial charge is 0.0622 e. The maximum Gasteiger partial charge on any atom is 0.0713 e. The van der Waals surface area contributed by atoms with Crippen LogP contribution in [0, 0.1) is 0 Å². The highest BCUT2D eigenvalue weighted by molar-refractivity contribution is 5.94. The Labute approximate surface area is 297 Å². The zero-order valence-corrected chi connectivity index (χ0v) is 29.3. The van der Waals surface area contributed by atoms with Crippen LogP contribution in [-0.4, -0.2) is 0 Å². The number of hydrogen-bond donors (Lipinski definition) is 0. The monoisotopic (exact) mass is 642 g/mol. The minimum Gasteiger partial charge on any atom is -0.0622 e.